The van der Waals surface area contributed by atoms with E-state index in [1.807, 2.05) is 0 Å². The fourth-order valence-electron chi connectivity index (χ4n) is 1.35. The summed E-state index contributed by atoms with van der Waals surface area (Å²) in [6.07, 6.45) is 0. The number of phenols is 1. The molecule has 0 fully saturated rings. The first-order valence-corrected chi connectivity index (χ1v) is 5.59. The number of anilines is 1. The Labute approximate surface area is 104 Å². The van der Waals surface area contributed by atoms with E-state index in [0.29, 0.717) is 17.3 Å². The lowest BCUT2D eigenvalue weighted by atomic mass is 10.2. The molecule has 1 aromatic heterocycles. The smallest absolute Gasteiger partial charge is 0.229 e. The number of H-pyrrole nitrogens is 1. The average Bonchev–Trinajstić information content (AvgIpc) is 2.77. The van der Waals surface area contributed by atoms with Gasteiger partial charge in [-0.1, -0.05) is 26.0 Å². The lowest BCUT2D eigenvalue weighted by molar-refractivity contribution is -0.118. The number of nitrogens with one attached hydrogen (secondary N) is 2. The molecule has 0 saturated carbocycles. The highest BCUT2D eigenvalue weighted by molar-refractivity contribution is 5.90. The van der Waals surface area contributed by atoms with Crippen LogP contribution in [0.25, 0.3) is 11.4 Å². The molecule has 2 rings (SSSR count). The van der Waals surface area contributed by atoms with Crippen LogP contribution in [0.1, 0.15) is 13.8 Å². The Morgan fingerprint density at radius 3 is 2.89 bits per heavy atom. The molecule has 0 bridgehead atoms. The third-order valence-electron chi connectivity index (χ3n) is 2.36. The fourth-order valence-corrected chi connectivity index (χ4v) is 1.35. The van der Waals surface area contributed by atoms with Crippen LogP contribution in [0.15, 0.2) is 24.3 Å². The molecule has 1 amide bonds. The minimum absolute atomic E-state index is 0.126. The molecule has 6 nitrogen and oxygen atoms in total. The van der Waals surface area contributed by atoms with Crippen molar-refractivity contribution in [2.75, 3.05) is 5.32 Å². The predicted octanol–water partition coefficient (Wildman–Crippen LogP) is 1.77. The summed E-state index contributed by atoms with van der Waals surface area (Å²) < 4.78 is 0. The molecule has 18 heavy (non-hydrogen) atoms. The summed E-state index contributed by atoms with van der Waals surface area (Å²) in [5.41, 5.74) is 0.677. The van der Waals surface area contributed by atoms with Crippen LogP contribution in [0, 0.1) is 5.92 Å². The number of hydrogen-bond donors (Lipinski definition) is 3. The third kappa shape index (κ3) is 2.65. The van der Waals surface area contributed by atoms with Crippen molar-refractivity contribution in [3.63, 3.8) is 0 Å². The summed E-state index contributed by atoms with van der Waals surface area (Å²) >= 11 is 0. The Kier molecular flexibility index (Phi) is 3.27. The van der Waals surface area contributed by atoms with E-state index in [0.717, 1.165) is 0 Å². The van der Waals surface area contributed by atoms with E-state index in [-0.39, 0.29) is 17.6 Å². The number of nitrogens with zero attached hydrogens (tertiary/aromatic N) is 2. The highest BCUT2D eigenvalue weighted by Crippen LogP contribution is 2.20. The first-order chi connectivity index (χ1) is 8.56. The highest BCUT2D eigenvalue weighted by Gasteiger charge is 2.11. The van der Waals surface area contributed by atoms with E-state index < -0.39 is 0 Å². The first-order valence-electron chi connectivity index (χ1n) is 5.59. The van der Waals surface area contributed by atoms with Gasteiger partial charge in [-0.15, -0.1) is 0 Å². The lowest BCUT2D eigenvalue weighted by Crippen LogP contribution is -2.18. The summed E-state index contributed by atoms with van der Waals surface area (Å²) in [6, 6.07) is 6.60. The molecule has 0 unspecified atom stereocenters. The number of amides is 1. The van der Waals surface area contributed by atoms with Crippen LogP contribution in [0.3, 0.4) is 0 Å². The minimum atomic E-state index is -0.131. The highest BCUT2D eigenvalue weighted by atomic mass is 16.3. The zero-order valence-corrected chi connectivity index (χ0v) is 10.1. The second-order valence-electron chi connectivity index (χ2n) is 4.20. The van der Waals surface area contributed by atoms with Crippen molar-refractivity contribution in [2.24, 2.45) is 5.92 Å². The number of carbonyl (C=O) groups excluding carboxylic acids is 1. The maximum absolute atomic E-state index is 11.5. The van der Waals surface area contributed by atoms with Gasteiger partial charge in [0.15, 0.2) is 5.82 Å². The summed E-state index contributed by atoms with van der Waals surface area (Å²) in [4.78, 5) is 15.6. The van der Waals surface area contributed by atoms with Gasteiger partial charge >= 0.3 is 0 Å². The molecule has 1 heterocycles. The number of carbonyl (C=O) groups is 1. The standard InChI is InChI=1S/C12H14N4O2/c1-7(2)11(18)14-12-13-10(15-16-12)8-4-3-5-9(17)6-8/h3-7,17H,1-2H3,(H2,13,14,15,16,18). The Bertz CT molecular complexity index is 563. The van der Waals surface area contributed by atoms with Gasteiger partial charge in [-0.3, -0.25) is 10.1 Å². The Hall–Kier alpha value is -2.37. The maximum Gasteiger partial charge on any atom is 0.229 e. The normalized spacial score (nSPS) is 10.6. The van der Waals surface area contributed by atoms with Crippen molar-refractivity contribution in [3.05, 3.63) is 24.3 Å². The fraction of sp³-hybridized carbons (Fsp3) is 0.250. The Morgan fingerprint density at radius 2 is 2.22 bits per heavy atom. The lowest BCUT2D eigenvalue weighted by Gasteiger charge is -2.02. The van der Waals surface area contributed by atoms with E-state index in [9.17, 15) is 9.90 Å². The quantitative estimate of drug-likeness (QED) is 0.769. The molecule has 94 valence electrons. The molecule has 0 aliphatic heterocycles. The molecular formula is C12H14N4O2. The molecule has 0 atom stereocenters. The number of aromatic amines is 1. The van der Waals surface area contributed by atoms with E-state index in [1.54, 1.807) is 38.1 Å². The second-order valence-corrected chi connectivity index (χ2v) is 4.20. The first kappa shape index (κ1) is 12.1. The van der Waals surface area contributed by atoms with Gasteiger partial charge in [0, 0.05) is 11.5 Å². The number of phenolic OH excluding ortho intramolecular Hbond substituents is 1. The van der Waals surface area contributed by atoms with Crippen LogP contribution in [-0.2, 0) is 4.79 Å². The van der Waals surface area contributed by atoms with Gasteiger partial charge in [0.1, 0.15) is 5.75 Å². The number of aromatic hydroxyl groups is 1. The summed E-state index contributed by atoms with van der Waals surface area (Å²) in [6.45, 7) is 3.59. The van der Waals surface area contributed by atoms with Crippen LogP contribution >= 0.6 is 0 Å². The second kappa shape index (κ2) is 4.87. The summed E-state index contributed by atoms with van der Waals surface area (Å²) in [5.74, 6) is 0.606. The van der Waals surface area contributed by atoms with Crippen LogP contribution in [-0.4, -0.2) is 26.2 Å². The number of benzene rings is 1. The molecule has 0 aliphatic carbocycles. The number of aromatic nitrogens is 3. The molecule has 1 aromatic carbocycles. The molecule has 0 radical (unpaired) electrons. The molecule has 0 aliphatic rings. The zero-order valence-electron chi connectivity index (χ0n) is 10.1. The van der Waals surface area contributed by atoms with Crippen molar-refractivity contribution < 1.29 is 9.90 Å². The van der Waals surface area contributed by atoms with Gasteiger partial charge in [0.2, 0.25) is 11.9 Å². The van der Waals surface area contributed by atoms with E-state index in [1.165, 1.54) is 0 Å². The topological polar surface area (TPSA) is 90.9 Å². The third-order valence-corrected chi connectivity index (χ3v) is 2.36. The molecular weight excluding hydrogens is 232 g/mol. The Morgan fingerprint density at radius 1 is 1.44 bits per heavy atom. The largest absolute Gasteiger partial charge is 0.508 e. The van der Waals surface area contributed by atoms with Crippen LogP contribution in [0.2, 0.25) is 0 Å². The monoisotopic (exact) mass is 246 g/mol. The van der Waals surface area contributed by atoms with Crippen LogP contribution < -0.4 is 5.32 Å². The van der Waals surface area contributed by atoms with Gasteiger partial charge in [0.25, 0.3) is 0 Å². The average molecular weight is 246 g/mol. The van der Waals surface area contributed by atoms with Gasteiger partial charge in [-0.2, -0.15) is 10.1 Å². The molecule has 0 spiro atoms. The molecule has 0 saturated heterocycles. The van der Waals surface area contributed by atoms with Gasteiger partial charge in [-0.05, 0) is 12.1 Å². The Balaban J connectivity index is 2.18. The van der Waals surface area contributed by atoms with Gasteiger partial charge in [0.05, 0.1) is 0 Å². The zero-order chi connectivity index (χ0) is 13.1. The van der Waals surface area contributed by atoms with Crippen molar-refractivity contribution in [1.29, 1.82) is 0 Å². The van der Waals surface area contributed by atoms with Crippen molar-refractivity contribution in [1.82, 2.24) is 15.2 Å². The predicted molar refractivity (Wildman–Crippen MR) is 67.0 cm³/mol. The summed E-state index contributed by atoms with van der Waals surface area (Å²) in [7, 11) is 0. The maximum atomic E-state index is 11.5. The van der Waals surface area contributed by atoms with Crippen LogP contribution in [0.4, 0.5) is 5.95 Å². The van der Waals surface area contributed by atoms with Gasteiger partial charge < -0.3 is 5.11 Å². The van der Waals surface area contributed by atoms with E-state index in [4.69, 9.17) is 0 Å². The number of rotatable bonds is 3. The van der Waals surface area contributed by atoms with Crippen LogP contribution in [0.5, 0.6) is 5.75 Å². The van der Waals surface area contributed by atoms with E-state index >= 15 is 0 Å². The van der Waals surface area contributed by atoms with Crippen molar-refractivity contribution in [3.8, 4) is 17.1 Å². The molecule has 3 N–H and O–H groups in total. The van der Waals surface area contributed by atoms with Crippen molar-refractivity contribution in [2.45, 2.75) is 13.8 Å². The van der Waals surface area contributed by atoms with Gasteiger partial charge in [-0.25, -0.2) is 5.10 Å². The molecule has 2 aromatic rings. The van der Waals surface area contributed by atoms with E-state index in [2.05, 4.69) is 20.5 Å². The minimum Gasteiger partial charge on any atom is -0.508 e. The summed E-state index contributed by atoms with van der Waals surface area (Å²) in [5, 5.41) is 18.6. The SMILES string of the molecule is CC(C)C(=O)Nc1nc(-c2cccc(O)c2)n[nH]1. The van der Waals surface area contributed by atoms with Crippen molar-refractivity contribution >= 4 is 11.9 Å². The molecule has 6 heteroatoms. The number of hydrogen-bond acceptors (Lipinski definition) is 4.